The minimum Gasteiger partial charge on any atom is -0.507 e. The number of aliphatic hydroxyl groups is 1. The Balaban J connectivity index is 2.12. The highest BCUT2D eigenvalue weighted by atomic mass is 19.1. The zero-order valence-electron chi connectivity index (χ0n) is 9.48. The van der Waals surface area contributed by atoms with Gasteiger partial charge in [0.1, 0.15) is 11.6 Å². The first-order valence-corrected chi connectivity index (χ1v) is 5.45. The summed E-state index contributed by atoms with van der Waals surface area (Å²) in [6, 6.07) is 3.27. The van der Waals surface area contributed by atoms with E-state index in [2.05, 4.69) is 0 Å². The molecule has 4 nitrogen and oxygen atoms in total. The molecule has 0 aliphatic carbocycles. The van der Waals surface area contributed by atoms with Gasteiger partial charge in [0, 0.05) is 6.07 Å². The molecule has 1 aliphatic heterocycles. The third-order valence-corrected chi connectivity index (χ3v) is 3.11. The molecule has 0 bridgehead atoms. The molecular weight excluding hydrogens is 225 g/mol. The highest BCUT2D eigenvalue weighted by Crippen LogP contribution is 2.28. The average molecular weight is 239 g/mol. The van der Waals surface area contributed by atoms with Gasteiger partial charge in [-0.2, -0.15) is 0 Å². The maximum atomic E-state index is 12.8. The van der Waals surface area contributed by atoms with E-state index in [1.807, 2.05) is 6.92 Å². The van der Waals surface area contributed by atoms with Crippen LogP contribution in [0.5, 0.6) is 5.75 Å². The Morgan fingerprint density at radius 2 is 2.18 bits per heavy atom. The Kier molecular flexibility index (Phi) is 2.79. The van der Waals surface area contributed by atoms with Crippen molar-refractivity contribution in [3.8, 4) is 5.75 Å². The molecule has 1 fully saturated rings. The number of benzene rings is 1. The Hall–Kier alpha value is -1.62. The number of likely N-dealkylation sites (tertiary alicyclic amines) is 1. The molecule has 1 saturated heterocycles. The van der Waals surface area contributed by atoms with Crippen LogP contribution in [-0.2, 0) is 0 Å². The summed E-state index contributed by atoms with van der Waals surface area (Å²) in [5, 5.41) is 19.2. The van der Waals surface area contributed by atoms with Gasteiger partial charge in [-0.1, -0.05) is 6.92 Å². The number of hydrogen-bond donors (Lipinski definition) is 2. The fourth-order valence-electron chi connectivity index (χ4n) is 1.89. The second kappa shape index (κ2) is 4.00. The van der Waals surface area contributed by atoms with Crippen LogP contribution in [0.1, 0.15) is 23.7 Å². The monoisotopic (exact) mass is 239 g/mol. The smallest absolute Gasteiger partial charge is 0.257 e. The summed E-state index contributed by atoms with van der Waals surface area (Å²) in [5.74, 6) is -1.35. The lowest BCUT2D eigenvalue weighted by Crippen LogP contribution is -2.63. The van der Waals surface area contributed by atoms with Gasteiger partial charge >= 0.3 is 0 Å². The predicted octanol–water partition coefficient (Wildman–Crippen LogP) is 1.13. The Labute approximate surface area is 98.3 Å². The second-order valence-corrected chi connectivity index (χ2v) is 4.40. The highest BCUT2D eigenvalue weighted by Gasteiger charge is 2.42. The van der Waals surface area contributed by atoms with Crippen LogP contribution in [0.2, 0.25) is 0 Å². The van der Waals surface area contributed by atoms with Crippen LogP contribution in [0.4, 0.5) is 4.39 Å². The molecule has 5 heteroatoms. The van der Waals surface area contributed by atoms with E-state index >= 15 is 0 Å². The standard InChI is InChI=1S/C12H14FNO3/c1-2-12(17)6-14(7-12)11(16)9-4-3-8(13)5-10(9)15/h3-5,15,17H,2,6-7H2,1H3. The number of rotatable bonds is 2. The van der Waals surface area contributed by atoms with E-state index in [4.69, 9.17) is 0 Å². The molecule has 0 spiro atoms. The highest BCUT2D eigenvalue weighted by molar-refractivity contribution is 5.97. The third-order valence-electron chi connectivity index (χ3n) is 3.11. The van der Waals surface area contributed by atoms with Gasteiger partial charge in [-0.3, -0.25) is 4.79 Å². The number of carbonyl (C=O) groups is 1. The van der Waals surface area contributed by atoms with Crippen LogP contribution in [-0.4, -0.2) is 39.7 Å². The van der Waals surface area contributed by atoms with Gasteiger partial charge in [0.25, 0.3) is 5.91 Å². The van der Waals surface area contributed by atoms with Crippen LogP contribution in [0.3, 0.4) is 0 Å². The first-order chi connectivity index (χ1) is 7.95. The number of nitrogens with zero attached hydrogens (tertiary/aromatic N) is 1. The maximum absolute atomic E-state index is 12.8. The molecule has 1 aromatic rings. The molecule has 2 rings (SSSR count). The van der Waals surface area contributed by atoms with Gasteiger partial charge in [0.2, 0.25) is 0 Å². The van der Waals surface area contributed by atoms with E-state index in [0.29, 0.717) is 6.42 Å². The number of aromatic hydroxyl groups is 1. The molecular formula is C12H14FNO3. The van der Waals surface area contributed by atoms with Gasteiger partial charge in [-0.15, -0.1) is 0 Å². The van der Waals surface area contributed by atoms with Gasteiger partial charge in [-0.05, 0) is 18.6 Å². The molecule has 0 unspecified atom stereocenters. The van der Waals surface area contributed by atoms with Crippen molar-refractivity contribution in [3.63, 3.8) is 0 Å². The van der Waals surface area contributed by atoms with Crippen molar-refractivity contribution in [2.24, 2.45) is 0 Å². The normalized spacial score (nSPS) is 17.7. The van der Waals surface area contributed by atoms with Crippen LogP contribution < -0.4 is 0 Å². The molecule has 1 heterocycles. The molecule has 2 N–H and O–H groups in total. The van der Waals surface area contributed by atoms with Gasteiger partial charge < -0.3 is 15.1 Å². The van der Waals surface area contributed by atoms with Crippen LogP contribution >= 0.6 is 0 Å². The third kappa shape index (κ3) is 2.10. The largest absolute Gasteiger partial charge is 0.507 e. The lowest BCUT2D eigenvalue weighted by atomic mass is 9.90. The molecule has 1 amide bonds. The molecule has 1 aromatic carbocycles. The number of phenolic OH excluding ortho intramolecular Hbond substituents is 1. The van der Waals surface area contributed by atoms with Crippen molar-refractivity contribution in [3.05, 3.63) is 29.6 Å². The number of phenols is 1. The van der Waals surface area contributed by atoms with E-state index in [9.17, 15) is 19.4 Å². The zero-order chi connectivity index (χ0) is 12.6. The Morgan fingerprint density at radius 3 is 2.71 bits per heavy atom. The van der Waals surface area contributed by atoms with Crippen molar-refractivity contribution in [2.45, 2.75) is 18.9 Å². The molecule has 0 atom stereocenters. The van der Waals surface area contributed by atoms with E-state index < -0.39 is 11.4 Å². The second-order valence-electron chi connectivity index (χ2n) is 4.40. The summed E-state index contributed by atoms with van der Waals surface area (Å²) < 4.78 is 12.8. The molecule has 0 saturated carbocycles. The summed E-state index contributed by atoms with van der Waals surface area (Å²) in [6.07, 6.45) is 0.576. The van der Waals surface area contributed by atoms with E-state index in [1.165, 1.54) is 11.0 Å². The molecule has 1 aliphatic rings. The van der Waals surface area contributed by atoms with Gasteiger partial charge in [0.05, 0.1) is 24.3 Å². The first kappa shape index (κ1) is 11.9. The molecule has 92 valence electrons. The summed E-state index contributed by atoms with van der Waals surface area (Å²) in [4.78, 5) is 13.3. The van der Waals surface area contributed by atoms with E-state index in [-0.39, 0.29) is 30.3 Å². The van der Waals surface area contributed by atoms with E-state index in [1.54, 1.807) is 0 Å². The SMILES string of the molecule is CCC1(O)CN(C(=O)c2ccc(F)cc2O)C1. The van der Waals surface area contributed by atoms with Crippen molar-refractivity contribution < 1.29 is 19.4 Å². The summed E-state index contributed by atoms with van der Waals surface area (Å²) in [6.45, 7) is 2.34. The quantitative estimate of drug-likeness (QED) is 0.813. The van der Waals surface area contributed by atoms with E-state index in [0.717, 1.165) is 12.1 Å². The first-order valence-electron chi connectivity index (χ1n) is 5.45. The number of halogens is 1. The molecule has 0 aromatic heterocycles. The fourth-order valence-corrected chi connectivity index (χ4v) is 1.89. The van der Waals surface area contributed by atoms with Crippen molar-refractivity contribution in [2.75, 3.05) is 13.1 Å². The number of hydrogen-bond acceptors (Lipinski definition) is 3. The minimum atomic E-state index is -0.814. The maximum Gasteiger partial charge on any atom is 0.257 e. The summed E-state index contributed by atoms with van der Waals surface area (Å²) in [5.41, 5.74) is -0.754. The van der Waals surface area contributed by atoms with Crippen LogP contribution in [0.15, 0.2) is 18.2 Å². The summed E-state index contributed by atoms with van der Waals surface area (Å²) >= 11 is 0. The van der Waals surface area contributed by atoms with Crippen LogP contribution in [0, 0.1) is 5.82 Å². The van der Waals surface area contributed by atoms with Crippen molar-refractivity contribution in [1.82, 2.24) is 4.90 Å². The minimum absolute atomic E-state index is 0.0598. The van der Waals surface area contributed by atoms with Gasteiger partial charge in [0.15, 0.2) is 0 Å². The lowest BCUT2D eigenvalue weighted by molar-refractivity contribution is -0.0827. The van der Waals surface area contributed by atoms with Crippen LogP contribution in [0.25, 0.3) is 0 Å². The number of amides is 1. The Bertz CT molecular complexity index is 455. The average Bonchev–Trinajstić information content (AvgIpc) is 2.24. The Morgan fingerprint density at radius 1 is 1.53 bits per heavy atom. The predicted molar refractivity (Wildman–Crippen MR) is 59.2 cm³/mol. The van der Waals surface area contributed by atoms with Crippen molar-refractivity contribution in [1.29, 1.82) is 0 Å². The number of β-amino-alcohol motifs (C(OH)–C–C–N with tert-alkyl or cyclic N) is 1. The fraction of sp³-hybridized carbons (Fsp3) is 0.417. The zero-order valence-corrected chi connectivity index (χ0v) is 9.48. The molecule has 0 radical (unpaired) electrons. The van der Waals surface area contributed by atoms with Crippen molar-refractivity contribution >= 4 is 5.91 Å². The summed E-state index contributed by atoms with van der Waals surface area (Å²) in [7, 11) is 0. The molecule has 17 heavy (non-hydrogen) atoms. The topological polar surface area (TPSA) is 60.8 Å². The number of carbonyl (C=O) groups excluding carboxylic acids is 1. The lowest BCUT2D eigenvalue weighted by Gasteiger charge is -2.46. The van der Waals surface area contributed by atoms with Gasteiger partial charge in [-0.25, -0.2) is 4.39 Å².